The Bertz CT molecular complexity index is 850. The van der Waals surface area contributed by atoms with Crippen molar-refractivity contribution in [2.45, 2.75) is 64.2 Å². The SMILES string of the molecule is CC(C)(C)OC(=O)N1CCCC1COC1C=CC(Cc2ccc(N3CCOCC3)cc2)=CC1. The maximum atomic E-state index is 12.5. The van der Waals surface area contributed by atoms with E-state index < -0.39 is 5.60 Å². The molecule has 0 aromatic heterocycles. The molecule has 2 fully saturated rings. The van der Waals surface area contributed by atoms with Crippen LogP contribution in [0.4, 0.5) is 10.5 Å². The fraction of sp³-hybridized carbons (Fsp3) is 0.593. The Morgan fingerprint density at radius 2 is 1.88 bits per heavy atom. The number of anilines is 1. The van der Waals surface area contributed by atoms with Crippen LogP contribution in [-0.2, 0) is 20.6 Å². The predicted molar refractivity (Wildman–Crippen MR) is 131 cm³/mol. The lowest BCUT2D eigenvalue weighted by Crippen LogP contribution is -2.42. The van der Waals surface area contributed by atoms with Gasteiger partial charge in [0, 0.05) is 25.3 Å². The number of nitrogens with zero attached hydrogens (tertiary/aromatic N) is 2. The molecular weight excluding hydrogens is 416 g/mol. The van der Waals surface area contributed by atoms with Crippen molar-refractivity contribution < 1.29 is 19.0 Å². The highest BCUT2D eigenvalue weighted by Crippen LogP contribution is 2.24. The van der Waals surface area contributed by atoms with E-state index in [0.29, 0.717) is 6.61 Å². The summed E-state index contributed by atoms with van der Waals surface area (Å²) in [5.74, 6) is 0. The molecule has 4 rings (SSSR count). The van der Waals surface area contributed by atoms with Crippen LogP contribution in [0.25, 0.3) is 0 Å². The van der Waals surface area contributed by atoms with Crippen molar-refractivity contribution in [2.75, 3.05) is 44.4 Å². The van der Waals surface area contributed by atoms with Gasteiger partial charge >= 0.3 is 6.09 Å². The smallest absolute Gasteiger partial charge is 0.410 e. The Morgan fingerprint density at radius 1 is 1.12 bits per heavy atom. The number of likely N-dealkylation sites (tertiary alicyclic amines) is 1. The van der Waals surface area contributed by atoms with Gasteiger partial charge in [-0.2, -0.15) is 0 Å². The molecule has 2 heterocycles. The fourth-order valence-electron chi connectivity index (χ4n) is 4.59. The molecule has 33 heavy (non-hydrogen) atoms. The molecule has 0 N–H and O–H groups in total. The van der Waals surface area contributed by atoms with Crippen molar-refractivity contribution >= 4 is 11.8 Å². The summed E-state index contributed by atoms with van der Waals surface area (Å²) in [5.41, 5.74) is 3.45. The molecule has 0 bridgehead atoms. The second-order valence-corrected chi connectivity index (χ2v) is 10.2. The number of allylic oxidation sites excluding steroid dienone is 2. The molecular formula is C27H38N2O4. The predicted octanol–water partition coefficient (Wildman–Crippen LogP) is 4.74. The number of rotatable bonds is 6. The lowest BCUT2D eigenvalue weighted by Gasteiger charge is -2.29. The quantitative estimate of drug-likeness (QED) is 0.622. The van der Waals surface area contributed by atoms with Gasteiger partial charge in [-0.15, -0.1) is 0 Å². The van der Waals surface area contributed by atoms with Crippen LogP contribution in [0.5, 0.6) is 0 Å². The van der Waals surface area contributed by atoms with Gasteiger partial charge in [0.05, 0.1) is 32.0 Å². The molecule has 2 atom stereocenters. The largest absolute Gasteiger partial charge is 0.444 e. The molecule has 2 saturated heterocycles. The molecule has 0 radical (unpaired) electrons. The summed E-state index contributed by atoms with van der Waals surface area (Å²) in [6.45, 7) is 10.6. The van der Waals surface area contributed by atoms with Gasteiger partial charge in [0.25, 0.3) is 0 Å². The summed E-state index contributed by atoms with van der Waals surface area (Å²) in [4.78, 5) is 16.7. The third-order valence-electron chi connectivity index (χ3n) is 6.37. The molecule has 1 aliphatic carbocycles. The number of benzene rings is 1. The first-order valence-corrected chi connectivity index (χ1v) is 12.3. The van der Waals surface area contributed by atoms with Crippen molar-refractivity contribution in [3.63, 3.8) is 0 Å². The minimum atomic E-state index is -0.471. The Kier molecular flexibility index (Phi) is 7.76. The standard InChI is InChI=1S/C27H38N2O4/c1-27(2,3)33-26(30)29-14-4-5-24(29)20-32-25-12-8-22(9-13-25)19-21-6-10-23(11-7-21)28-15-17-31-18-16-28/h6-12,24-25H,4-5,13-20H2,1-3H3. The van der Waals surface area contributed by atoms with Gasteiger partial charge in [0.15, 0.2) is 0 Å². The van der Waals surface area contributed by atoms with Gasteiger partial charge < -0.3 is 24.0 Å². The molecule has 180 valence electrons. The van der Waals surface area contributed by atoms with E-state index in [9.17, 15) is 4.79 Å². The van der Waals surface area contributed by atoms with Crippen LogP contribution in [0.15, 0.2) is 48.1 Å². The van der Waals surface area contributed by atoms with Gasteiger partial charge in [0.1, 0.15) is 5.60 Å². The van der Waals surface area contributed by atoms with Gasteiger partial charge in [0.2, 0.25) is 0 Å². The number of ether oxygens (including phenoxy) is 3. The molecule has 3 aliphatic rings. The summed E-state index contributed by atoms with van der Waals surface area (Å²) in [7, 11) is 0. The molecule has 2 aliphatic heterocycles. The molecule has 1 amide bonds. The summed E-state index contributed by atoms with van der Waals surface area (Å²) >= 11 is 0. The van der Waals surface area contributed by atoms with E-state index in [2.05, 4.69) is 47.4 Å². The van der Waals surface area contributed by atoms with Gasteiger partial charge in [-0.1, -0.05) is 30.4 Å². The van der Waals surface area contributed by atoms with Gasteiger partial charge in [-0.25, -0.2) is 4.79 Å². The lowest BCUT2D eigenvalue weighted by atomic mass is 9.98. The number of morpholine rings is 1. The first kappa shape index (κ1) is 23.8. The molecule has 6 nitrogen and oxygen atoms in total. The normalized spacial score (nSPS) is 23.5. The first-order valence-electron chi connectivity index (χ1n) is 12.3. The minimum Gasteiger partial charge on any atom is -0.444 e. The number of amides is 1. The van der Waals surface area contributed by atoms with Crippen LogP contribution < -0.4 is 4.90 Å². The zero-order valence-corrected chi connectivity index (χ0v) is 20.3. The Hall–Kier alpha value is -2.31. The van der Waals surface area contributed by atoms with E-state index in [4.69, 9.17) is 14.2 Å². The van der Waals surface area contributed by atoms with E-state index in [1.807, 2.05) is 25.7 Å². The zero-order chi connectivity index (χ0) is 23.3. The number of carbonyl (C=O) groups is 1. The van der Waals surface area contributed by atoms with Crippen LogP contribution >= 0.6 is 0 Å². The van der Waals surface area contributed by atoms with Crippen LogP contribution in [0, 0.1) is 0 Å². The van der Waals surface area contributed by atoms with Crippen LogP contribution in [0.1, 0.15) is 45.6 Å². The first-order chi connectivity index (χ1) is 15.9. The number of hydrogen-bond acceptors (Lipinski definition) is 5. The fourth-order valence-corrected chi connectivity index (χ4v) is 4.59. The van der Waals surface area contributed by atoms with E-state index >= 15 is 0 Å². The maximum absolute atomic E-state index is 12.5. The van der Waals surface area contributed by atoms with E-state index in [0.717, 1.165) is 58.5 Å². The molecule has 1 aromatic carbocycles. The summed E-state index contributed by atoms with van der Waals surface area (Å²) in [6, 6.07) is 9.00. The van der Waals surface area contributed by atoms with Crippen molar-refractivity contribution in [1.29, 1.82) is 0 Å². The van der Waals surface area contributed by atoms with Gasteiger partial charge in [-0.3, -0.25) is 0 Å². The Labute approximate surface area is 198 Å². The second kappa shape index (κ2) is 10.7. The molecule has 0 saturated carbocycles. The Balaban J connectivity index is 1.22. The highest BCUT2D eigenvalue weighted by Gasteiger charge is 2.32. The van der Waals surface area contributed by atoms with E-state index in [-0.39, 0.29) is 18.2 Å². The summed E-state index contributed by atoms with van der Waals surface area (Å²) in [6.07, 6.45) is 10.2. The summed E-state index contributed by atoms with van der Waals surface area (Å²) < 4.78 is 17.2. The van der Waals surface area contributed by atoms with Crippen molar-refractivity contribution in [3.05, 3.63) is 53.6 Å². The number of carbonyl (C=O) groups excluding carboxylic acids is 1. The van der Waals surface area contributed by atoms with Gasteiger partial charge in [-0.05, 0) is 69.7 Å². The molecule has 1 aromatic rings. The zero-order valence-electron chi connectivity index (χ0n) is 20.3. The highest BCUT2D eigenvalue weighted by molar-refractivity contribution is 5.69. The Morgan fingerprint density at radius 3 is 2.55 bits per heavy atom. The van der Waals surface area contributed by atoms with Crippen LogP contribution in [0.2, 0.25) is 0 Å². The third kappa shape index (κ3) is 6.84. The van der Waals surface area contributed by atoms with Crippen LogP contribution in [0.3, 0.4) is 0 Å². The molecule has 2 unspecified atom stereocenters. The topological polar surface area (TPSA) is 51.2 Å². The average Bonchev–Trinajstić information content (AvgIpc) is 3.28. The monoisotopic (exact) mass is 454 g/mol. The average molecular weight is 455 g/mol. The summed E-state index contributed by atoms with van der Waals surface area (Å²) in [5, 5.41) is 0. The van der Waals surface area contributed by atoms with Crippen molar-refractivity contribution in [1.82, 2.24) is 4.90 Å². The van der Waals surface area contributed by atoms with Crippen LogP contribution in [-0.4, -0.2) is 68.2 Å². The van der Waals surface area contributed by atoms with E-state index in [1.165, 1.54) is 16.8 Å². The van der Waals surface area contributed by atoms with Crippen molar-refractivity contribution in [3.8, 4) is 0 Å². The molecule has 0 spiro atoms. The van der Waals surface area contributed by atoms with Crippen molar-refractivity contribution in [2.24, 2.45) is 0 Å². The lowest BCUT2D eigenvalue weighted by molar-refractivity contribution is 0.00362. The minimum absolute atomic E-state index is 0.0681. The number of hydrogen-bond donors (Lipinski definition) is 0. The van der Waals surface area contributed by atoms with E-state index in [1.54, 1.807) is 0 Å². The second-order valence-electron chi connectivity index (χ2n) is 10.2. The third-order valence-corrected chi connectivity index (χ3v) is 6.37. The molecule has 6 heteroatoms. The highest BCUT2D eigenvalue weighted by atomic mass is 16.6. The maximum Gasteiger partial charge on any atom is 0.410 e.